The monoisotopic (exact) mass is 325 g/mol. The standard InChI is InChI=1S/C16H11N3O5/c17-5-6-24-14-3-1-12(2-4-14)18-19-13-8-10(15(20)21)7-11(9-13)16(22)23/h1-4,7-9H,17H2,(H,20,21)(H,22,23). The average molecular weight is 325 g/mol. The maximum atomic E-state index is 11.0. The maximum Gasteiger partial charge on any atom is 0.335 e. The number of aromatic carboxylic acids is 2. The molecule has 8 nitrogen and oxygen atoms in total. The highest BCUT2D eigenvalue weighted by Crippen LogP contribution is 2.23. The minimum absolute atomic E-state index is 0.113. The van der Waals surface area contributed by atoms with Gasteiger partial charge in [-0.15, -0.1) is 0 Å². The number of hydrogen-bond acceptors (Lipinski definition) is 6. The van der Waals surface area contributed by atoms with Gasteiger partial charge < -0.3 is 20.7 Å². The van der Waals surface area contributed by atoms with Crippen molar-refractivity contribution in [2.24, 2.45) is 16.0 Å². The van der Waals surface area contributed by atoms with Gasteiger partial charge >= 0.3 is 11.9 Å². The van der Waals surface area contributed by atoms with E-state index in [1.54, 1.807) is 24.3 Å². The van der Waals surface area contributed by atoms with Crippen LogP contribution in [0.15, 0.2) is 52.7 Å². The Bertz CT molecular complexity index is 831. The lowest BCUT2D eigenvalue weighted by molar-refractivity contribution is 0.0696. The van der Waals surface area contributed by atoms with Gasteiger partial charge in [-0.2, -0.15) is 10.2 Å². The van der Waals surface area contributed by atoms with Crippen LogP contribution >= 0.6 is 0 Å². The summed E-state index contributed by atoms with van der Waals surface area (Å²) in [6.45, 7) is 0. The van der Waals surface area contributed by atoms with Crippen LogP contribution in [0.2, 0.25) is 0 Å². The second kappa shape index (κ2) is 7.42. The summed E-state index contributed by atoms with van der Waals surface area (Å²) in [7, 11) is 0. The van der Waals surface area contributed by atoms with E-state index in [0.29, 0.717) is 11.4 Å². The molecule has 2 rings (SSSR count). The van der Waals surface area contributed by atoms with Gasteiger partial charge in [-0.1, -0.05) is 0 Å². The van der Waals surface area contributed by atoms with E-state index in [0.717, 1.165) is 6.07 Å². The van der Waals surface area contributed by atoms with Gasteiger partial charge in [0.1, 0.15) is 11.9 Å². The van der Waals surface area contributed by atoms with Gasteiger partial charge in [-0.3, -0.25) is 0 Å². The minimum Gasteiger partial charge on any atom is -0.478 e. The van der Waals surface area contributed by atoms with Gasteiger partial charge in [-0.25, -0.2) is 9.59 Å². The first kappa shape index (κ1) is 16.5. The lowest BCUT2D eigenvalue weighted by Gasteiger charge is -2.01. The average Bonchev–Trinajstić information content (AvgIpc) is 2.58. The SMILES string of the molecule is NC#COc1ccc(N=Nc2cc(C(=O)O)cc(C(=O)O)c2)cc1. The number of ether oxygens (including phenoxy) is 1. The first-order valence-electron chi connectivity index (χ1n) is 6.50. The Labute approximate surface area is 136 Å². The highest BCUT2D eigenvalue weighted by molar-refractivity contribution is 5.95. The van der Waals surface area contributed by atoms with Crippen molar-refractivity contribution < 1.29 is 24.5 Å². The number of benzene rings is 2. The molecule has 0 fully saturated rings. The number of carboxylic acids is 2. The van der Waals surface area contributed by atoms with Crippen LogP contribution in [0.4, 0.5) is 11.4 Å². The van der Waals surface area contributed by atoms with Gasteiger partial charge in [0, 0.05) is 6.04 Å². The lowest BCUT2D eigenvalue weighted by atomic mass is 10.1. The van der Waals surface area contributed by atoms with Crippen molar-refractivity contribution in [3.63, 3.8) is 0 Å². The summed E-state index contributed by atoms with van der Waals surface area (Å²) in [5, 5.41) is 25.8. The number of azo groups is 1. The van der Waals surface area contributed by atoms with Crippen molar-refractivity contribution in [1.82, 2.24) is 0 Å². The Hall–Kier alpha value is -3.86. The molecule has 0 amide bonds. The molecular formula is C16H11N3O5. The highest BCUT2D eigenvalue weighted by atomic mass is 16.5. The Kier molecular flexibility index (Phi) is 5.10. The zero-order valence-corrected chi connectivity index (χ0v) is 12.1. The molecule has 0 bridgehead atoms. The molecule has 8 heteroatoms. The molecule has 0 spiro atoms. The molecule has 0 aliphatic carbocycles. The Morgan fingerprint density at radius 1 is 0.917 bits per heavy atom. The summed E-state index contributed by atoms with van der Waals surface area (Å²) in [6.07, 6.45) is 2.24. The Morgan fingerprint density at radius 2 is 1.46 bits per heavy atom. The molecule has 0 unspecified atom stereocenters. The molecule has 0 atom stereocenters. The third kappa shape index (κ3) is 4.32. The fourth-order valence-corrected chi connectivity index (χ4v) is 1.70. The molecule has 0 aliphatic heterocycles. The van der Waals surface area contributed by atoms with Crippen LogP contribution in [-0.2, 0) is 0 Å². The molecule has 4 N–H and O–H groups in total. The van der Waals surface area contributed by atoms with E-state index in [1.165, 1.54) is 12.1 Å². The maximum absolute atomic E-state index is 11.0. The predicted molar refractivity (Wildman–Crippen MR) is 83.6 cm³/mol. The van der Waals surface area contributed by atoms with Crippen molar-refractivity contribution in [2.75, 3.05) is 0 Å². The molecule has 0 saturated carbocycles. The number of nitrogens with two attached hydrogens (primary N) is 1. The van der Waals surface area contributed by atoms with Crippen molar-refractivity contribution >= 4 is 23.3 Å². The van der Waals surface area contributed by atoms with Gasteiger partial charge in [-0.05, 0) is 42.5 Å². The van der Waals surface area contributed by atoms with Crippen LogP contribution < -0.4 is 10.5 Å². The third-order valence-electron chi connectivity index (χ3n) is 2.76. The van der Waals surface area contributed by atoms with Gasteiger partial charge in [0.05, 0.1) is 22.5 Å². The summed E-state index contributed by atoms with van der Waals surface area (Å²) >= 11 is 0. The third-order valence-corrected chi connectivity index (χ3v) is 2.76. The van der Waals surface area contributed by atoms with Crippen molar-refractivity contribution in [3.05, 3.63) is 53.6 Å². The number of carboxylic acid groups (broad SMARTS) is 2. The quantitative estimate of drug-likeness (QED) is 0.439. The topological polar surface area (TPSA) is 135 Å². The molecule has 0 aromatic heterocycles. The second-order valence-corrected chi connectivity index (χ2v) is 4.42. The van der Waals surface area contributed by atoms with E-state index in [2.05, 4.69) is 22.4 Å². The van der Waals surface area contributed by atoms with E-state index in [4.69, 9.17) is 20.7 Å². The van der Waals surface area contributed by atoms with Crippen LogP contribution in [0, 0.1) is 12.2 Å². The lowest BCUT2D eigenvalue weighted by Crippen LogP contribution is -2.01. The van der Waals surface area contributed by atoms with Gasteiger partial charge in [0.25, 0.3) is 0 Å². The van der Waals surface area contributed by atoms with Gasteiger partial charge in [0.2, 0.25) is 0 Å². The van der Waals surface area contributed by atoms with Crippen LogP contribution in [0.1, 0.15) is 20.7 Å². The molecule has 2 aromatic rings. The number of nitrogens with zero attached hydrogens (tertiary/aromatic N) is 2. The van der Waals surface area contributed by atoms with E-state index in [9.17, 15) is 9.59 Å². The summed E-state index contributed by atoms with van der Waals surface area (Å²) in [5.41, 5.74) is 5.18. The van der Waals surface area contributed by atoms with Crippen LogP contribution in [0.5, 0.6) is 5.75 Å². The zero-order chi connectivity index (χ0) is 17.5. The van der Waals surface area contributed by atoms with E-state index in [-0.39, 0.29) is 16.8 Å². The molecular weight excluding hydrogens is 314 g/mol. The predicted octanol–water partition coefficient (Wildman–Crippen LogP) is 2.75. The minimum atomic E-state index is -1.25. The normalized spacial score (nSPS) is 10.0. The first-order valence-corrected chi connectivity index (χ1v) is 6.50. The molecule has 2 aromatic carbocycles. The fourth-order valence-electron chi connectivity index (χ4n) is 1.70. The highest BCUT2D eigenvalue weighted by Gasteiger charge is 2.11. The van der Waals surface area contributed by atoms with E-state index in [1.807, 2.05) is 0 Å². The molecule has 0 saturated heterocycles. The molecule has 0 heterocycles. The number of hydrogen-bond donors (Lipinski definition) is 3. The Balaban J connectivity index is 2.25. The smallest absolute Gasteiger partial charge is 0.335 e. The van der Waals surface area contributed by atoms with Gasteiger partial charge in [0.15, 0.2) is 0 Å². The zero-order valence-electron chi connectivity index (χ0n) is 12.1. The van der Waals surface area contributed by atoms with Crippen LogP contribution in [0.25, 0.3) is 0 Å². The second-order valence-electron chi connectivity index (χ2n) is 4.42. The van der Waals surface area contributed by atoms with Crippen molar-refractivity contribution in [1.29, 1.82) is 0 Å². The Morgan fingerprint density at radius 3 is 1.96 bits per heavy atom. The van der Waals surface area contributed by atoms with Crippen LogP contribution in [-0.4, -0.2) is 22.2 Å². The van der Waals surface area contributed by atoms with E-state index >= 15 is 0 Å². The van der Waals surface area contributed by atoms with Crippen molar-refractivity contribution in [2.45, 2.75) is 0 Å². The van der Waals surface area contributed by atoms with Crippen molar-refractivity contribution in [3.8, 4) is 17.9 Å². The largest absolute Gasteiger partial charge is 0.478 e. The van der Waals surface area contributed by atoms with E-state index < -0.39 is 11.9 Å². The van der Waals surface area contributed by atoms with Crippen LogP contribution in [0.3, 0.4) is 0 Å². The molecule has 120 valence electrons. The molecule has 24 heavy (non-hydrogen) atoms. The summed E-state index contributed by atoms with van der Waals surface area (Å²) in [4.78, 5) is 22.1. The molecule has 0 aliphatic rings. The number of rotatable bonds is 5. The first-order chi connectivity index (χ1) is 11.5. The summed E-state index contributed by atoms with van der Waals surface area (Å²) < 4.78 is 4.97. The summed E-state index contributed by atoms with van der Waals surface area (Å²) in [6, 6.07) is 12.0. The summed E-state index contributed by atoms with van der Waals surface area (Å²) in [5.74, 6) is -2.04. The number of carbonyl (C=O) groups is 2. The molecule has 0 radical (unpaired) electrons. The fraction of sp³-hybridized carbons (Fsp3) is 0.